The highest BCUT2D eigenvalue weighted by molar-refractivity contribution is 5.76. The van der Waals surface area contributed by atoms with Gasteiger partial charge in [-0.15, -0.1) is 0 Å². The van der Waals surface area contributed by atoms with Crippen LogP contribution in [0.5, 0.6) is 0 Å². The monoisotopic (exact) mass is 816 g/mol. The quantitative estimate of drug-likeness (QED) is 0.0424. The number of carbonyl (C=O) groups excluding carboxylic acids is 1. The number of rotatable bonds is 43. The Morgan fingerprint density at radius 1 is 0.424 bits per heavy atom. The predicted molar refractivity (Wildman–Crippen MR) is 262 cm³/mol. The van der Waals surface area contributed by atoms with Crippen LogP contribution in [-0.4, -0.2) is 34.9 Å². The van der Waals surface area contributed by atoms with Gasteiger partial charge in [0, 0.05) is 6.42 Å². The molecule has 0 spiro atoms. The smallest absolute Gasteiger partial charge is 0.220 e. The number of carbonyl (C=O) groups is 1. The van der Waals surface area contributed by atoms with E-state index in [9.17, 15) is 15.0 Å². The van der Waals surface area contributed by atoms with Crippen LogP contribution in [-0.2, 0) is 4.79 Å². The molecule has 0 aromatic rings. The summed E-state index contributed by atoms with van der Waals surface area (Å²) in [7, 11) is 0. The van der Waals surface area contributed by atoms with Gasteiger partial charge in [-0.05, 0) is 89.9 Å². The minimum absolute atomic E-state index is 0.110. The summed E-state index contributed by atoms with van der Waals surface area (Å²) in [4.78, 5) is 12.4. The highest BCUT2D eigenvalue weighted by atomic mass is 16.3. The number of nitrogens with one attached hydrogen (secondary N) is 1. The van der Waals surface area contributed by atoms with Crippen LogP contribution in [0.2, 0.25) is 0 Å². The van der Waals surface area contributed by atoms with E-state index in [0.717, 1.165) is 89.9 Å². The molecule has 0 aliphatic rings. The van der Waals surface area contributed by atoms with Crippen molar-refractivity contribution in [3.05, 3.63) is 109 Å². The molecule has 59 heavy (non-hydrogen) atoms. The summed E-state index contributed by atoms with van der Waals surface area (Å²) in [6.45, 7) is 4.17. The summed E-state index contributed by atoms with van der Waals surface area (Å²) in [6, 6.07) is -0.666. The zero-order chi connectivity index (χ0) is 42.8. The number of aliphatic hydroxyl groups excluding tert-OH is 2. The molecule has 0 aromatic carbocycles. The van der Waals surface area contributed by atoms with Crippen molar-refractivity contribution < 1.29 is 15.0 Å². The van der Waals surface area contributed by atoms with E-state index in [1.165, 1.54) is 103 Å². The van der Waals surface area contributed by atoms with Crippen molar-refractivity contribution in [2.24, 2.45) is 0 Å². The van der Waals surface area contributed by atoms with Crippen LogP contribution in [0.3, 0.4) is 0 Å². The fourth-order valence-electron chi connectivity index (χ4n) is 6.76. The topological polar surface area (TPSA) is 69.6 Å². The fraction of sp³-hybridized carbons (Fsp3) is 0.655. The van der Waals surface area contributed by atoms with Gasteiger partial charge in [0.1, 0.15) is 0 Å². The average Bonchev–Trinajstić information content (AvgIpc) is 3.24. The van der Waals surface area contributed by atoms with Gasteiger partial charge in [0.25, 0.3) is 0 Å². The molecule has 3 N–H and O–H groups in total. The molecule has 2 atom stereocenters. The first-order valence-electron chi connectivity index (χ1n) is 24.6. The first kappa shape index (κ1) is 56.0. The lowest BCUT2D eigenvalue weighted by Gasteiger charge is -2.19. The third-order valence-electron chi connectivity index (χ3n) is 10.5. The molecule has 0 saturated carbocycles. The standard InChI is InChI=1S/C55H93NO3/c1-3-5-7-9-11-13-15-17-19-21-23-25-27-28-29-31-33-35-37-39-41-43-45-47-49-51-55(59)56-53(52-57)54(58)50-48-46-44-42-40-38-36-34-32-30-26-24-22-20-18-16-14-12-10-8-6-4-2/h5,7,11,13,17,19,23,25,28-29,33,35,39-42,48,50,53-54,57-58H,3-4,6,8-10,12,14-16,18,20-22,24,26-27,30-32,34,36-38,43-47,49,51-52H2,1-2H3,(H,56,59)/b7-5-,13-11-,19-17-,25-23-,29-28-,35-33-,41-39-,42-40+,50-48+. The van der Waals surface area contributed by atoms with Crippen LogP contribution in [0.1, 0.15) is 213 Å². The largest absolute Gasteiger partial charge is 0.394 e. The van der Waals surface area contributed by atoms with Crippen molar-refractivity contribution in [1.82, 2.24) is 5.32 Å². The van der Waals surface area contributed by atoms with Crippen LogP contribution < -0.4 is 5.32 Å². The number of amides is 1. The number of aliphatic hydroxyl groups is 2. The molecule has 1 amide bonds. The van der Waals surface area contributed by atoms with Crippen LogP contribution >= 0.6 is 0 Å². The fourth-order valence-corrected chi connectivity index (χ4v) is 6.76. The van der Waals surface area contributed by atoms with E-state index in [4.69, 9.17) is 0 Å². The molecular weight excluding hydrogens is 723 g/mol. The van der Waals surface area contributed by atoms with E-state index in [0.29, 0.717) is 6.42 Å². The number of unbranched alkanes of at least 4 members (excludes halogenated alkanes) is 20. The number of hydrogen-bond donors (Lipinski definition) is 3. The van der Waals surface area contributed by atoms with Crippen LogP contribution in [0, 0.1) is 0 Å². The second-order valence-electron chi connectivity index (χ2n) is 16.1. The molecule has 2 unspecified atom stereocenters. The minimum Gasteiger partial charge on any atom is -0.394 e. The van der Waals surface area contributed by atoms with Gasteiger partial charge >= 0.3 is 0 Å². The Bertz CT molecular complexity index is 1150. The second kappa shape index (κ2) is 49.4. The zero-order valence-electron chi connectivity index (χ0n) is 38.5. The van der Waals surface area contributed by atoms with Gasteiger partial charge in [-0.1, -0.05) is 226 Å². The number of allylic oxidation sites excluding steroid dienone is 17. The summed E-state index contributed by atoms with van der Waals surface area (Å²) in [5.41, 5.74) is 0. The second-order valence-corrected chi connectivity index (χ2v) is 16.1. The molecule has 0 heterocycles. The molecule has 0 saturated heterocycles. The summed E-state index contributed by atoms with van der Waals surface area (Å²) in [5, 5.41) is 23.0. The van der Waals surface area contributed by atoms with Gasteiger partial charge in [0.05, 0.1) is 18.8 Å². The van der Waals surface area contributed by atoms with E-state index in [1.54, 1.807) is 6.08 Å². The molecule has 0 aromatic heterocycles. The van der Waals surface area contributed by atoms with Gasteiger partial charge in [0.15, 0.2) is 0 Å². The van der Waals surface area contributed by atoms with Crippen molar-refractivity contribution in [2.75, 3.05) is 6.61 Å². The molecule has 0 fully saturated rings. The van der Waals surface area contributed by atoms with E-state index in [1.807, 2.05) is 6.08 Å². The molecule has 0 aliphatic carbocycles. The normalized spacial score (nSPS) is 13.9. The van der Waals surface area contributed by atoms with Crippen LogP contribution in [0.15, 0.2) is 109 Å². The maximum Gasteiger partial charge on any atom is 0.220 e. The Balaban J connectivity index is 3.72. The van der Waals surface area contributed by atoms with E-state index >= 15 is 0 Å². The molecule has 4 heteroatoms. The molecule has 4 nitrogen and oxygen atoms in total. The Kier molecular flexibility index (Phi) is 46.9. The lowest BCUT2D eigenvalue weighted by molar-refractivity contribution is -0.123. The Morgan fingerprint density at radius 3 is 1.19 bits per heavy atom. The molecule has 0 bridgehead atoms. The lowest BCUT2D eigenvalue weighted by atomic mass is 10.0. The van der Waals surface area contributed by atoms with Crippen LogP contribution in [0.25, 0.3) is 0 Å². The Labute approximate surface area is 366 Å². The summed E-state index contributed by atoms with van der Waals surface area (Å²) < 4.78 is 0. The maximum absolute atomic E-state index is 12.4. The SMILES string of the molecule is CC/C=C\C/C=C\C/C=C\C/C=C\C/C=C\C/C=C\C/C=C\CCCCCC(=O)NC(CO)C(O)/C=C/CC/C=C/CCCCCCCCCCCCCCCCCC. The van der Waals surface area contributed by atoms with Gasteiger partial charge in [-0.2, -0.15) is 0 Å². The van der Waals surface area contributed by atoms with Gasteiger partial charge in [-0.25, -0.2) is 0 Å². The minimum atomic E-state index is -0.885. The van der Waals surface area contributed by atoms with Crippen molar-refractivity contribution in [2.45, 2.75) is 225 Å². The number of hydrogen-bond acceptors (Lipinski definition) is 3. The van der Waals surface area contributed by atoms with Gasteiger partial charge < -0.3 is 15.5 Å². The first-order chi connectivity index (χ1) is 29.2. The highest BCUT2D eigenvalue weighted by Crippen LogP contribution is 2.14. The predicted octanol–water partition coefficient (Wildman–Crippen LogP) is 16.0. The third kappa shape index (κ3) is 46.0. The van der Waals surface area contributed by atoms with Crippen molar-refractivity contribution in [3.8, 4) is 0 Å². The van der Waals surface area contributed by atoms with Crippen molar-refractivity contribution >= 4 is 5.91 Å². The van der Waals surface area contributed by atoms with Crippen LogP contribution in [0.4, 0.5) is 0 Å². The lowest BCUT2D eigenvalue weighted by Crippen LogP contribution is -2.45. The molecule has 0 aliphatic heterocycles. The van der Waals surface area contributed by atoms with E-state index in [2.05, 4.69) is 116 Å². The molecule has 0 radical (unpaired) electrons. The maximum atomic E-state index is 12.4. The molecule has 0 rings (SSSR count). The Hall–Kier alpha value is -2.95. The van der Waals surface area contributed by atoms with E-state index in [-0.39, 0.29) is 12.5 Å². The molecular formula is C55H93NO3. The highest BCUT2D eigenvalue weighted by Gasteiger charge is 2.17. The van der Waals surface area contributed by atoms with Gasteiger partial charge in [-0.3, -0.25) is 4.79 Å². The average molecular weight is 816 g/mol. The summed E-state index contributed by atoms with van der Waals surface area (Å²) in [6.07, 6.45) is 75.0. The van der Waals surface area contributed by atoms with Crippen molar-refractivity contribution in [3.63, 3.8) is 0 Å². The summed E-state index contributed by atoms with van der Waals surface area (Å²) in [5.74, 6) is -0.110. The summed E-state index contributed by atoms with van der Waals surface area (Å²) >= 11 is 0. The molecule has 336 valence electrons. The Morgan fingerprint density at radius 2 is 0.763 bits per heavy atom. The zero-order valence-corrected chi connectivity index (χ0v) is 38.5. The van der Waals surface area contributed by atoms with Gasteiger partial charge in [0.2, 0.25) is 5.91 Å². The van der Waals surface area contributed by atoms with E-state index < -0.39 is 12.1 Å². The third-order valence-corrected chi connectivity index (χ3v) is 10.5. The van der Waals surface area contributed by atoms with Crippen molar-refractivity contribution in [1.29, 1.82) is 0 Å². The first-order valence-corrected chi connectivity index (χ1v) is 24.6.